The number of fused-ring (bicyclic) bond motifs is 1. The summed E-state index contributed by atoms with van der Waals surface area (Å²) in [5.41, 5.74) is 6.32. The molecule has 1 aromatic rings. The molecule has 0 radical (unpaired) electrons. The van der Waals surface area contributed by atoms with Crippen molar-refractivity contribution in [3.05, 3.63) is 30.0 Å². The number of ether oxygens (including phenoxy) is 1. The highest BCUT2D eigenvalue weighted by atomic mass is 32.2. The number of nitrogens with two attached hydrogens (primary N) is 1. The minimum atomic E-state index is -1.06. The summed E-state index contributed by atoms with van der Waals surface area (Å²) in [6.07, 6.45) is 3.40. The molecule has 0 saturated heterocycles. The first kappa shape index (κ1) is 24.0. The number of amides is 1. The molecule has 0 saturated carbocycles. The Kier molecular flexibility index (Phi) is 9.89. The fourth-order valence-corrected chi connectivity index (χ4v) is 4.37. The lowest BCUT2D eigenvalue weighted by Crippen LogP contribution is -2.52. The summed E-state index contributed by atoms with van der Waals surface area (Å²) in [6, 6.07) is 6.77. The van der Waals surface area contributed by atoms with Crippen molar-refractivity contribution in [2.24, 2.45) is 5.73 Å². The number of para-hydroxylation sites is 1. The van der Waals surface area contributed by atoms with Crippen molar-refractivity contribution < 1.29 is 24.2 Å². The van der Waals surface area contributed by atoms with Crippen molar-refractivity contribution in [3.8, 4) is 0 Å². The number of hydrogen-bond acceptors (Lipinski definition) is 7. The van der Waals surface area contributed by atoms with Gasteiger partial charge in [0.1, 0.15) is 18.7 Å². The van der Waals surface area contributed by atoms with Crippen molar-refractivity contribution in [2.75, 3.05) is 23.8 Å². The van der Waals surface area contributed by atoms with Gasteiger partial charge in [-0.15, -0.1) is 11.8 Å². The van der Waals surface area contributed by atoms with E-state index in [1.807, 2.05) is 19.1 Å². The average molecular weight is 436 g/mol. The van der Waals surface area contributed by atoms with Crippen LogP contribution in [0.15, 0.2) is 34.9 Å². The van der Waals surface area contributed by atoms with Crippen LogP contribution < -0.4 is 16.0 Å². The molecule has 1 amide bonds. The first-order chi connectivity index (χ1) is 14.5. The SMILES string of the molecule is CCO[C@H](CCCCCC(N)=C=O)N[C@H]1CSc2ccccc2N(CC(=O)O)C1=O. The highest BCUT2D eigenvalue weighted by Crippen LogP contribution is 2.34. The molecule has 0 unspecified atom stereocenters. The Morgan fingerprint density at radius 1 is 1.40 bits per heavy atom. The minimum Gasteiger partial charge on any atom is -0.480 e. The molecule has 0 aliphatic carbocycles. The average Bonchev–Trinajstić information content (AvgIpc) is 2.85. The van der Waals surface area contributed by atoms with Gasteiger partial charge in [-0.25, -0.2) is 4.79 Å². The molecule has 4 N–H and O–H groups in total. The number of carboxylic acid groups (broad SMARTS) is 1. The van der Waals surface area contributed by atoms with Crippen LogP contribution in [0.1, 0.15) is 39.0 Å². The molecule has 164 valence electrons. The van der Waals surface area contributed by atoms with Gasteiger partial charge in [-0.05, 0) is 44.7 Å². The van der Waals surface area contributed by atoms with Gasteiger partial charge >= 0.3 is 5.97 Å². The molecular formula is C21H29N3O5S. The maximum atomic E-state index is 13.1. The second-order valence-electron chi connectivity index (χ2n) is 6.99. The van der Waals surface area contributed by atoms with E-state index in [0.717, 1.165) is 24.2 Å². The third-order valence-corrected chi connectivity index (χ3v) is 5.87. The minimum absolute atomic E-state index is 0.230. The molecular weight excluding hydrogens is 406 g/mol. The number of hydrogen-bond donors (Lipinski definition) is 3. The normalized spacial score (nSPS) is 17.0. The van der Waals surface area contributed by atoms with Gasteiger partial charge in [-0.1, -0.05) is 18.6 Å². The summed E-state index contributed by atoms with van der Waals surface area (Å²) in [4.78, 5) is 37.1. The van der Waals surface area contributed by atoms with E-state index in [9.17, 15) is 19.5 Å². The van der Waals surface area contributed by atoms with E-state index in [2.05, 4.69) is 5.32 Å². The number of carbonyl (C=O) groups excluding carboxylic acids is 2. The van der Waals surface area contributed by atoms with Gasteiger partial charge in [0, 0.05) is 17.3 Å². The number of aliphatic carboxylic acids is 1. The summed E-state index contributed by atoms with van der Waals surface area (Å²) in [5.74, 6) is 0.843. The zero-order valence-corrected chi connectivity index (χ0v) is 18.0. The summed E-state index contributed by atoms with van der Waals surface area (Å²) in [7, 11) is 0. The van der Waals surface area contributed by atoms with E-state index in [1.165, 1.54) is 16.7 Å². The number of nitrogens with one attached hydrogen (secondary N) is 1. The number of nitrogens with zero attached hydrogens (tertiary/aromatic N) is 1. The zero-order valence-electron chi connectivity index (χ0n) is 17.1. The van der Waals surface area contributed by atoms with Crippen LogP contribution in [0.25, 0.3) is 0 Å². The number of carbonyl (C=O) groups is 2. The quantitative estimate of drug-likeness (QED) is 0.259. The molecule has 1 heterocycles. The van der Waals surface area contributed by atoms with Crippen LogP contribution in [-0.2, 0) is 19.1 Å². The fraction of sp³-hybridized carbons (Fsp3) is 0.524. The first-order valence-electron chi connectivity index (χ1n) is 10.1. The number of rotatable bonds is 12. The third kappa shape index (κ3) is 7.18. The van der Waals surface area contributed by atoms with E-state index in [0.29, 0.717) is 30.9 Å². The molecule has 2 atom stereocenters. The topological polar surface area (TPSA) is 122 Å². The third-order valence-electron chi connectivity index (χ3n) is 4.72. The van der Waals surface area contributed by atoms with Gasteiger partial charge in [-0.3, -0.25) is 19.8 Å². The van der Waals surface area contributed by atoms with Gasteiger partial charge in [-0.2, -0.15) is 0 Å². The van der Waals surface area contributed by atoms with Crippen molar-refractivity contribution in [2.45, 2.75) is 56.2 Å². The van der Waals surface area contributed by atoms with Gasteiger partial charge in [0.05, 0.1) is 17.4 Å². The summed E-state index contributed by atoms with van der Waals surface area (Å²) in [6.45, 7) is 1.99. The molecule has 2 rings (SSSR count). The van der Waals surface area contributed by atoms with Crippen molar-refractivity contribution in [1.82, 2.24) is 5.32 Å². The highest BCUT2D eigenvalue weighted by Gasteiger charge is 2.33. The molecule has 30 heavy (non-hydrogen) atoms. The molecule has 0 fully saturated rings. The van der Waals surface area contributed by atoms with Crippen LogP contribution in [0.2, 0.25) is 0 Å². The Morgan fingerprint density at radius 2 is 2.17 bits per heavy atom. The van der Waals surface area contributed by atoms with Gasteiger partial charge < -0.3 is 15.6 Å². The Morgan fingerprint density at radius 3 is 2.87 bits per heavy atom. The molecule has 8 nitrogen and oxygen atoms in total. The predicted octanol–water partition coefficient (Wildman–Crippen LogP) is 2.16. The van der Waals surface area contributed by atoms with Gasteiger partial charge in [0.15, 0.2) is 0 Å². The van der Waals surface area contributed by atoms with Crippen LogP contribution >= 0.6 is 11.8 Å². The Balaban J connectivity index is 2.02. The second kappa shape index (κ2) is 12.4. The van der Waals surface area contributed by atoms with Crippen molar-refractivity contribution >= 4 is 35.3 Å². The molecule has 9 heteroatoms. The number of benzene rings is 1. The molecule has 1 aromatic carbocycles. The van der Waals surface area contributed by atoms with E-state index in [1.54, 1.807) is 18.1 Å². The maximum Gasteiger partial charge on any atom is 0.323 e. The standard InChI is InChI=1S/C21H29N3O5S/c1-2-29-19(11-5-3-4-8-15(22)13-25)23-16-14-30-18-10-7-6-9-17(18)24(21(16)28)12-20(26)27/h6-7,9-10,16,19,23H,2-5,8,11-12,14,22H2,1H3,(H,26,27)/t16-,19+/m0/s1. The van der Waals surface area contributed by atoms with Crippen LogP contribution in [0.4, 0.5) is 5.69 Å². The fourth-order valence-electron chi connectivity index (χ4n) is 3.28. The highest BCUT2D eigenvalue weighted by molar-refractivity contribution is 7.99. The summed E-state index contributed by atoms with van der Waals surface area (Å²) >= 11 is 1.52. The van der Waals surface area contributed by atoms with Crippen LogP contribution in [-0.4, -0.2) is 54.1 Å². The second-order valence-corrected chi connectivity index (χ2v) is 8.05. The first-order valence-corrected chi connectivity index (χ1v) is 11.1. The van der Waals surface area contributed by atoms with E-state index in [4.69, 9.17) is 10.5 Å². The number of allylic oxidation sites excluding steroid dienone is 1. The number of unbranched alkanes of at least 4 members (excludes halogenated alkanes) is 2. The molecule has 0 bridgehead atoms. The van der Waals surface area contributed by atoms with Crippen molar-refractivity contribution in [3.63, 3.8) is 0 Å². The van der Waals surface area contributed by atoms with Crippen molar-refractivity contribution in [1.29, 1.82) is 0 Å². The monoisotopic (exact) mass is 435 g/mol. The molecule has 1 aliphatic heterocycles. The summed E-state index contributed by atoms with van der Waals surface area (Å²) in [5, 5.41) is 12.6. The Hall–Kier alpha value is -2.32. The maximum absolute atomic E-state index is 13.1. The lowest BCUT2D eigenvalue weighted by atomic mass is 10.1. The van der Waals surface area contributed by atoms with Gasteiger partial charge in [0.2, 0.25) is 5.91 Å². The Labute approximate surface area is 180 Å². The van der Waals surface area contributed by atoms with Crippen LogP contribution in [0.5, 0.6) is 0 Å². The smallest absolute Gasteiger partial charge is 0.323 e. The largest absolute Gasteiger partial charge is 0.480 e. The van der Waals surface area contributed by atoms with Crippen LogP contribution in [0.3, 0.4) is 0 Å². The summed E-state index contributed by atoms with van der Waals surface area (Å²) < 4.78 is 5.78. The Bertz CT molecular complexity index is 782. The lowest BCUT2D eigenvalue weighted by Gasteiger charge is -2.27. The number of carboxylic acids is 1. The van der Waals surface area contributed by atoms with Crippen LogP contribution in [0, 0.1) is 0 Å². The van der Waals surface area contributed by atoms with E-state index in [-0.39, 0.29) is 24.4 Å². The number of thioether (sulfide) groups is 1. The van der Waals surface area contributed by atoms with E-state index >= 15 is 0 Å². The predicted molar refractivity (Wildman–Crippen MR) is 116 cm³/mol. The number of anilines is 1. The molecule has 1 aliphatic rings. The van der Waals surface area contributed by atoms with E-state index < -0.39 is 12.0 Å². The lowest BCUT2D eigenvalue weighted by molar-refractivity contribution is -0.137. The molecule has 0 spiro atoms. The van der Waals surface area contributed by atoms with Gasteiger partial charge in [0.25, 0.3) is 0 Å². The zero-order chi connectivity index (χ0) is 21.9. The molecule has 0 aromatic heterocycles.